The fourth-order valence-corrected chi connectivity index (χ4v) is 5.29. The number of benzene rings is 1. The number of hydrogen-bond donors (Lipinski definition) is 2. The van der Waals surface area contributed by atoms with Gasteiger partial charge in [0, 0.05) is 4.34 Å². The summed E-state index contributed by atoms with van der Waals surface area (Å²) in [6.07, 6.45) is -0.0327. The average Bonchev–Trinajstić information content (AvgIpc) is 3.12. The molecule has 0 radical (unpaired) electrons. The fourth-order valence-electron chi connectivity index (χ4n) is 3.32. The second-order valence-corrected chi connectivity index (χ2v) is 10.8. The first-order chi connectivity index (χ1) is 14.4. The zero-order valence-corrected chi connectivity index (χ0v) is 20.2. The highest BCUT2D eigenvalue weighted by atomic mass is 32.2. The lowest BCUT2D eigenvalue weighted by Gasteiger charge is -2.19. The molecule has 2 N–H and O–H groups in total. The summed E-state index contributed by atoms with van der Waals surface area (Å²) >= 11 is 0.965. The van der Waals surface area contributed by atoms with Crippen molar-refractivity contribution in [2.45, 2.75) is 76.3 Å². The van der Waals surface area contributed by atoms with Crippen LogP contribution in [-0.4, -0.2) is 21.1 Å². The molecule has 0 atom stereocenters. The summed E-state index contributed by atoms with van der Waals surface area (Å²) in [6, 6.07) is 5.76. The Hall–Kier alpha value is -2.12. The summed E-state index contributed by atoms with van der Waals surface area (Å²) in [7, 11) is -2.05. The quantitative estimate of drug-likeness (QED) is 0.593. The van der Waals surface area contributed by atoms with Crippen LogP contribution < -0.4 is 0 Å². The van der Waals surface area contributed by atoms with Crippen LogP contribution in [0.2, 0.25) is 0 Å². The molecule has 0 aliphatic heterocycles. The van der Waals surface area contributed by atoms with Gasteiger partial charge in [-0.15, -0.1) is 21.9 Å². The van der Waals surface area contributed by atoms with Crippen LogP contribution in [0.15, 0.2) is 20.8 Å². The second kappa shape index (κ2) is 10.0. The van der Waals surface area contributed by atoms with Crippen molar-refractivity contribution in [1.29, 1.82) is 5.26 Å². The lowest BCUT2D eigenvalue weighted by molar-refractivity contribution is -0.117. The van der Waals surface area contributed by atoms with Crippen LogP contribution in [0.3, 0.4) is 0 Å². The van der Waals surface area contributed by atoms with Crippen molar-refractivity contribution in [2.24, 2.45) is 4.36 Å². The minimum Gasteiger partial charge on any atom is -0.437 e. The molecule has 0 saturated carbocycles. The van der Waals surface area contributed by atoms with Gasteiger partial charge in [-0.2, -0.15) is 5.26 Å². The minimum atomic E-state index is -2.05. The Kier molecular flexibility index (Phi) is 8.11. The fraction of sp³-hybridized carbons (Fsp3) is 0.500. The molecule has 1 aromatic heterocycles. The van der Waals surface area contributed by atoms with Gasteiger partial charge in [0.05, 0.1) is 40.8 Å². The van der Waals surface area contributed by atoms with Crippen molar-refractivity contribution in [2.75, 3.05) is 0 Å². The minimum absolute atomic E-state index is 0.0327. The lowest BCUT2D eigenvalue weighted by Crippen LogP contribution is -2.15. The third kappa shape index (κ3) is 5.98. The van der Waals surface area contributed by atoms with Crippen LogP contribution in [0.25, 0.3) is 0 Å². The number of aliphatic hydroxyl groups excluding tert-OH is 1. The number of amides is 1. The molecule has 0 fully saturated rings. The molecule has 1 amide bonds. The molecule has 2 rings (SSSR count). The molecule has 0 spiro atoms. The number of aliphatic hydroxyl groups is 2. The van der Waals surface area contributed by atoms with Crippen LogP contribution in [0.5, 0.6) is 0 Å². The maximum absolute atomic E-state index is 12.7. The van der Waals surface area contributed by atoms with Gasteiger partial charge in [-0.3, -0.25) is 9.78 Å². The van der Waals surface area contributed by atoms with Crippen molar-refractivity contribution in [3.63, 3.8) is 0 Å². The molecular weight excluding hydrogens is 434 g/mol. The second-order valence-electron chi connectivity index (χ2n) is 8.44. The van der Waals surface area contributed by atoms with Gasteiger partial charge in [0.25, 0.3) is 0 Å². The van der Waals surface area contributed by atoms with E-state index in [1.807, 2.05) is 27.7 Å². The number of aromatic nitrogens is 1. The molecule has 2 aromatic rings. The van der Waals surface area contributed by atoms with E-state index in [1.165, 1.54) is 0 Å². The van der Waals surface area contributed by atoms with E-state index in [-0.39, 0.29) is 28.3 Å². The number of nitrogens with zero attached hydrogens (tertiary/aromatic N) is 3. The Morgan fingerprint density at radius 2 is 1.81 bits per heavy atom. The molecule has 1 aromatic carbocycles. The first-order valence-electron chi connectivity index (χ1n) is 9.95. The molecule has 0 unspecified atom stereocenters. The number of nitriles is 1. The molecule has 31 heavy (non-hydrogen) atoms. The number of carbonyl (C=O) groups is 1. The highest BCUT2D eigenvalue weighted by molar-refractivity contribution is 7.77. The summed E-state index contributed by atoms with van der Waals surface area (Å²) in [5, 5.41) is 29.0. The van der Waals surface area contributed by atoms with Crippen molar-refractivity contribution in [3.8, 4) is 6.07 Å². The van der Waals surface area contributed by atoms with Crippen LogP contribution in [0.1, 0.15) is 86.2 Å². The van der Waals surface area contributed by atoms with Gasteiger partial charge in [0.15, 0.2) is 0 Å². The molecule has 0 bridgehead atoms. The van der Waals surface area contributed by atoms with E-state index in [0.29, 0.717) is 10.4 Å². The molecule has 7 nitrogen and oxygen atoms in total. The maximum atomic E-state index is 12.7. The van der Waals surface area contributed by atoms with Gasteiger partial charge in [0.1, 0.15) is 0 Å². The third-order valence-electron chi connectivity index (χ3n) is 4.74. The Bertz CT molecular complexity index is 1070. The van der Waals surface area contributed by atoms with Gasteiger partial charge in [-0.1, -0.05) is 27.7 Å². The number of carbonyl (C=O) groups excluding carboxylic acids is 1. The molecule has 168 valence electrons. The van der Waals surface area contributed by atoms with Crippen molar-refractivity contribution >= 4 is 27.8 Å². The van der Waals surface area contributed by atoms with E-state index in [9.17, 15) is 24.5 Å². The standard InChI is InChI=1S/C22H28N3O4S2/c1-12(2)15-7-14(10-23)8-16(13(3)4)17(15)9-19(27)25-31(29)21-24-18(11-26)20(30-21)22(5,6)28/h7-8,12-13,26,28H,9,11H2,1-6H3/q-1. The Morgan fingerprint density at radius 1 is 1.26 bits per heavy atom. The van der Waals surface area contributed by atoms with E-state index < -0.39 is 28.7 Å². The third-order valence-corrected chi connectivity index (χ3v) is 7.38. The molecule has 9 heteroatoms. The van der Waals surface area contributed by atoms with Gasteiger partial charge in [0.2, 0.25) is 5.91 Å². The number of thiazole rings is 1. The summed E-state index contributed by atoms with van der Waals surface area (Å²) < 4.78 is 16.5. The van der Waals surface area contributed by atoms with E-state index in [1.54, 1.807) is 26.0 Å². The SMILES string of the molecule is CC(C)c1cc(C#N)cc(C(C)C)c1CC(=O)N=[S-](=O)c1nc(CO)c(C(C)(C)O)s1. The Labute approximate surface area is 189 Å². The Balaban J connectivity index is 2.45. The first-order valence-corrected chi connectivity index (χ1v) is 11.9. The van der Waals surface area contributed by atoms with E-state index >= 15 is 0 Å². The highest BCUT2D eigenvalue weighted by Gasteiger charge is 2.23. The predicted molar refractivity (Wildman–Crippen MR) is 120 cm³/mol. The molecule has 0 aliphatic carbocycles. The number of rotatable bonds is 7. The molecule has 0 aliphatic rings. The van der Waals surface area contributed by atoms with E-state index in [2.05, 4.69) is 15.4 Å². The zero-order valence-electron chi connectivity index (χ0n) is 18.6. The van der Waals surface area contributed by atoms with Crippen LogP contribution in [-0.2, 0) is 38.2 Å². The molecular formula is C22H28N3O4S2-. The topological polar surface area (TPSA) is 124 Å². The van der Waals surface area contributed by atoms with Crippen LogP contribution in [0, 0.1) is 11.3 Å². The summed E-state index contributed by atoms with van der Waals surface area (Å²) in [5.74, 6) is -0.364. The Morgan fingerprint density at radius 3 is 2.19 bits per heavy atom. The van der Waals surface area contributed by atoms with Gasteiger partial charge < -0.3 is 18.8 Å². The number of hydrogen-bond acceptors (Lipinski definition) is 8. The molecule has 1 heterocycles. The molecule has 0 saturated heterocycles. The zero-order chi connectivity index (χ0) is 23.5. The van der Waals surface area contributed by atoms with Crippen LogP contribution >= 0.6 is 11.3 Å². The highest BCUT2D eigenvalue weighted by Crippen LogP contribution is 2.32. The largest absolute Gasteiger partial charge is 0.437 e. The summed E-state index contributed by atoms with van der Waals surface area (Å²) in [5.41, 5.74) is 2.11. The lowest BCUT2D eigenvalue weighted by atomic mass is 9.85. The summed E-state index contributed by atoms with van der Waals surface area (Å²) in [6.45, 7) is 10.6. The monoisotopic (exact) mass is 462 g/mol. The van der Waals surface area contributed by atoms with E-state index in [0.717, 1.165) is 28.0 Å². The van der Waals surface area contributed by atoms with Crippen molar-refractivity contribution < 1.29 is 19.2 Å². The smallest absolute Gasteiger partial charge is 0.227 e. The normalized spacial score (nSPS) is 13.1. The summed E-state index contributed by atoms with van der Waals surface area (Å²) in [4.78, 5) is 17.2. The predicted octanol–water partition coefficient (Wildman–Crippen LogP) is 4.26. The average molecular weight is 463 g/mol. The maximum Gasteiger partial charge on any atom is 0.227 e. The van der Waals surface area contributed by atoms with Crippen molar-refractivity contribution in [1.82, 2.24) is 4.98 Å². The van der Waals surface area contributed by atoms with Crippen molar-refractivity contribution in [3.05, 3.63) is 45.0 Å². The van der Waals surface area contributed by atoms with Crippen LogP contribution in [0.4, 0.5) is 0 Å². The van der Waals surface area contributed by atoms with Gasteiger partial charge >= 0.3 is 0 Å². The van der Waals surface area contributed by atoms with Gasteiger partial charge in [-0.05, 0) is 54.5 Å². The van der Waals surface area contributed by atoms with Gasteiger partial charge in [-0.25, -0.2) is 0 Å². The first kappa shape index (κ1) is 25.1. The van der Waals surface area contributed by atoms with E-state index in [4.69, 9.17) is 0 Å².